The number of nitrogens with one attached hydrogen (secondary N) is 1. The number of carbonyl (C=O) groups is 2. The molecule has 1 aliphatic carbocycles. The SMILES string of the molecule is O=C1CCCC[C@@H]1[C@@]1(O)C(=O)Nc2cc(Cl)ccc21. The van der Waals surface area contributed by atoms with E-state index in [0.717, 1.165) is 12.8 Å². The van der Waals surface area contributed by atoms with Crippen LogP contribution in [-0.4, -0.2) is 16.8 Å². The second-order valence-electron chi connectivity index (χ2n) is 5.18. The van der Waals surface area contributed by atoms with E-state index in [1.165, 1.54) is 0 Å². The highest BCUT2D eigenvalue weighted by atomic mass is 35.5. The Kier molecular flexibility index (Phi) is 2.87. The lowest BCUT2D eigenvalue weighted by Crippen LogP contribution is -2.46. The van der Waals surface area contributed by atoms with Gasteiger partial charge in [0, 0.05) is 22.7 Å². The molecule has 1 heterocycles. The fraction of sp³-hybridized carbons (Fsp3) is 0.429. The predicted molar refractivity (Wildman–Crippen MR) is 70.9 cm³/mol. The zero-order valence-electron chi connectivity index (χ0n) is 10.3. The Morgan fingerprint density at radius 1 is 1.32 bits per heavy atom. The number of carbonyl (C=O) groups excluding carboxylic acids is 2. The minimum Gasteiger partial charge on any atom is -0.375 e. The Morgan fingerprint density at radius 2 is 2.11 bits per heavy atom. The summed E-state index contributed by atoms with van der Waals surface area (Å²) in [6, 6.07) is 4.84. The molecule has 3 rings (SSSR count). The van der Waals surface area contributed by atoms with E-state index in [2.05, 4.69) is 5.32 Å². The second-order valence-corrected chi connectivity index (χ2v) is 5.61. The Hall–Kier alpha value is -1.39. The van der Waals surface area contributed by atoms with Crippen LogP contribution in [0.2, 0.25) is 5.02 Å². The summed E-state index contributed by atoms with van der Waals surface area (Å²) in [5, 5.41) is 13.9. The van der Waals surface area contributed by atoms with E-state index in [9.17, 15) is 14.7 Å². The van der Waals surface area contributed by atoms with Gasteiger partial charge in [0.25, 0.3) is 5.91 Å². The van der Waals surface area contributed by atoms with E-state index < -0.39 is 17.4 Å². The molecule has 1 aromatic rings. The Labute approximate surface area is 115 Å². The number of ketones is 1. The number of halogens is 1. The van der Waals surface area contributed by atoms with E-state index in [4.69, 9.17) is 11.6 Å². The third-order valence-corrected chi connectivity index (χ3v) is 4.28. The summed E-state index contributed by atoms with van der Waals surface area (Å²) in [6.45, 7) is 0. The Morgan fingerprint density at radius 3 is 2.84 bits per heavy atom. The van der Waals surface area contributed by atoms with Crippen LogP contribution in [0.25, 0.3) is 0 Å². The number of anilines is 1. The van der Waals surface area contributed by atoms with Crippen molar-refractivity contribution < 1.29 is 14.7 Å². The van der Waals surface area contributed by atoms with Crippen LogP contribution in [0, 0.1) is 5.92 Å². The molecule has 2 atom stereocenters. The molecule has 2 aliphatic rings. The molecular weight excluding hydrogens is 266 g/mol. The number of fused-ring (bicyclic) bond motifs is 1. The molecule has 0 aromatic heterocycles. The van der Waals surface area contributed by atoms with E-state index in [-0.39, 0.29) is 5.78 Å². The molecule has 1 fully saturated rings. The summed E-state index contributed by atoms with van der Waals surface area (Å²) in [5.41, 5.74) is -0.780. The number of hydrogen-bond acceptors (Lipinski definition) is 3. The van der Waals surface area contributed by atoms with Gasteiger partial charge >= 0.3 is 0 Å². The number of benzene rings is 1. The van der Waals surface area contributed by atoms with Crippen molar-refractivity contribution in [3.8, 4) is 0 Å². The number of hydrogen-bond donors (Lipinski definition) is 2. The van der Waals surface area contributed by atoms with Crippen LogP contribution in [0.5, 0.6) is 0 Å². The van der Waals surface area contributed by atoms with Gasteiger partial charge < -0.3 is 10.4 Å². The third kappa shape index (κ3) is 1.78. The van der Waals surface area contributed by atoms with E-state index in [0.29, 0.717) is 29.1 Å². The lowest BCUT2D eigenvalue weighted by Gasteiger charge is -2.32. The largest absolute Gasteiger partial charge is 0.375 e. The molecule has 0 bridgehead atoms. The van der Waals surface area contributed by atoms with Crippen LogP contribution in [-0.2, 0) is 15.2 Å². The first-order valence-corrected chi connectivity index (χ1v) is 6.78. The van der Waals surface area contributed by atoms with Crippen molar-refractivity contribution in [1.29, 1.82) is 0 Å². The monoisotopic (exact) mass is 279 g/mol. The summed E-state index contributed by atoms with van der Waals surface area (Å²) in [6.07, 6.45) is 2.67. The van der Waals surface area contributed by atoms with Gasteiger partial charge in [-0.1, -0.05) is 24.1 Å². The molecule has 19 heavy (non-hydrogen) atoms. The normalized spacial score (nSPS) is 30.1. The fourth-order valence-corrected chi connectivity index (χ4v) is 3.23. The van der Waals surface area contributed by atoms with Gasteiger partial charge in [-0.3, -0.25) is 9.59 Å². The molecule has 1 aliphatic heterocycles. The highest BCUT2D eigenvalue weighted by molar-refractivity contribution is 6.31. The average molecular weight is 280 g/mol. The highest BCUT2D eigenvalue weighted by Crippen LogP contribution is 2.45. The lowest BCUT2D eigenvalue weighted by atomic mass is 9.73. The molecule has 1 aromatic carbocycles. The molecule has 2 N–H and O–H groups in total. The molecule has 4 nitrogen and oxygen atoms in total. The van der Waals surface area contributed by atoms with Gasteiger partial charge in [0.15, 0.2) is 5.60 Å². The van der Waals surface area contributed by atoms with Crippen LogP contribution in [0.15, 0.2) is 18.2 Å². The summed E-state index contributed by atoms with van der Waals surface area (Å²) in [4.78, 5) is 24.2. The summed E-state index contributed by atoms with van der Waals surface area (Å²) in [7, 11) is 0. The summed E-state index contributed by atoms with van der Waals surface area (Å²) in [5.74, 6) is -1.21. The van der Waals surface area contributed by atoms with Crippen molar-refractivity contribution in [3.05, 3.63) is 28.8 Å². The van der Waals surface area contributed by atoms with Crippen molar-refractivity contribution >= 4 is 29.0 Å². The summed E-state index contributed by atoms with van der Waals surface area (Å²) >= 11 is 5.88. The quantitative estimate of drug-likeness (QED) is 0.828. The molecule has 0 radical (unpaired) electrons. The molecule has 0 unspecified atom stereocenters. The van der Waals surface area contributed by atoms with Gasteiger partial charge in [-0.25, -0.2) is 0 Å². The first-order valence-electron chi connectivity index (χ1n) is 6.40. The van der Waals surface area contributed by atoms with Crippen LogP contribution < -0.4 is 5.32 Å². The molecule has 1 amide bonds. The number of Topliss-reactive ketones (excluding diaryl/α,β-unsaturated/α-hetero) is 1. The molecule has 5 heteroatoms. The standard InChI is InChI=1S/C14H14ClNO3/c15-8-5-6-9-11(7-8)16-13(18)14(9,19)10-3-1-2-4-12(10)17/h5-7,10,19H,1-4H2,(H,16,18)/t10-,14+/m0/s1. The lowest BCUT2D eigenvalue weighted by molar-refractivity contribution is -0.150. The molecular formula is C14H14ClNO3. The van der Waals surface area contributed by atoms with E-state index in [1.54, 1.807) is 18.2 Å². The molecule has 0 saturated heterocycles. The average Bonchev–Trinajstić information content (AvgIpc) is 2.62. The Balaban J connectivity index is 2.09. The van der Waals surface area contributed by atoms with Crippen molar-refractivity contribution in [2.45, 2.75) is 31.3 Å². The van der Waals surface area contributed by atoms with Gasteiger partial charge in [0.1, 0.15) is 5.78 Å². The summed E-state index contributed by atoms with van der Waals surface area (Å²) < 4.78 is 0. The zero-order valence-corrected chi connectivity index (χ0v) is 11.0. The van der Waals surface area contributed by atoms with Crippen molar-refractivity contribution in [1.82, 2.24) is 0 Å². The highest BCUT2D eigenvalue weighted by Gasteiger charge is 2.53. The van der Waals surface area contributed by atoms with Gasteiger partial charge in [-0.05, 0) is 25.0 Å². The molecule has 0 spiro atoms. The second kappa shape index (κ2) is 4.32. The number of amides is 1. The Bertz CT molecular complexity index is 572. The van der Waals surface area contributed by atoms with Crippen molar-refractivity contribution in [3.63, 3.8) is 0 Å². The maximum Gasteiger partial charge on any atom is 0.261 e. The molecule has 100 valence electrons. The van der Waals surface area contributed by atoms with Crippen LogP contribution in [0.4, 0.5) is 5.69 Å². The van der Waals surface area contributed by atoms with Gasteiger partial charge in [-0.2, -0.15) is 0 Å². The predicted octanol–water partition coefficient (Wildman–Crippen LogP) is 2.24. The van der Waals surface area contributed by atoms with Gasteiger partial charge in [-0.15, -0.1) is 0 Å². The van der Waals surface area contributed by atoms with Crippen LogP contribution in [0.3, 0.4) is 0 Å². The first kappa shape index (κ1) is 12.6. The van der Waals surface area contributed by atoms with Gasteiger partial charge in [0.05, 0.1) is 5.92 Å². The minimum absolute atomic E-state index is 0.0355. The fourth-order valence-electron chi connectivity index (χ4n) is 3.06. The number of rotatable bonds is 1. The van der Waals surface area contributed by atoms with E-state index in [1.807, 2.05) is 0 Å². The van der Waals surface area contributed by atoms with E-state index >= 15 is 0 Å². The topological polar surface area (TPSA) is 66.4 Å². The minimum atomic E-state index is -1.74. The van der Waals surface area contributed by atoms with Gasteiger partial charge in [0.2, 0.25) is 0 Å². The maximum atomic E-state index is 12.2. The van der Waals surface area contributed by atoms with Crippen LogP contribution in [0.1, 0.15) is 31.2 Å². The maximum absolute atomic E-state index is 12.2. The smallest absolute Gasteiger partial charge is 0.261 e. The zero-order chi connectivity index (χ0) is 13.6. The molecule has 1 saturated carbocycles. The number of aliphatic hydroxyl groups is 1. The first-order chi connectivity index (χ1) is 9.03. The van der Waals surface area contributed by atoms with Crippen molar-refractivity contribution in [2.24, 2.45) is 5.92 Å². The van der Waals surface area contributed by atoms with Crippen LogP contribution >= 0.6 is 11.6 Å². The van der Waals surface area contributed by atoms with Crippen molar-refractivity contribution in [2.75, 3.05) is 5.32 Å². The third-order valence-electron chi connectivity index (χ3n) is 4.05.